The van der Waals surface area contributed by atoms with Crippen LogP contribution in [0.3, 0.4) is 0 Å². The van der Waals surface area contributed by atoms with Crippen molar-refractivity contribution in [2.24, 2.45) is 0 Å². The first-order valence-corrected chi connectivity index (χ1v) is 11.6. The molecule has 0 aliphatic heterocycles. The van der Waals surface area contributed by atoms with Crippen LogP contribution < -0.4 is 0 Å². The van der Waals surface area contributed by atoms with Crippen LogP contribution >= 0.6 is 0 Å². The first kappa shape index (κ1) is 20.3. The Kier molecular flexibility index (Phi) is 5.64. The van der Waals surface area contributed by atoms with Crippen molar-refractivity contribution in [3.63, 3.8) is 0 Å². The van der Waals surface area contributed by atoms with Crippen LogP contribution in [0.4, 0.5) is 0 Å². The summed E-state index contributed by atoms with van der Waals surface area (Å²) in [4.78, 5) is 5.22. The summed E-state index contributed by atoms with van der Waals surface area (Å²) in [6.07, 6.45) is 5.60. The zero-order valence-electron chi connectivity index (χ0n) is 18.8. The zero-order chi connectivity index (χ0) is 21.9. The number of imidazole rings is 2. The highest BCUT2D eigenvalue weighted by molar-refractivity contribution is 5.82. The average molecular weight is 420 g/mol. The molecule has 2 heterocycles. The lowest BCUT2D eigenvalue weighted by molar-refractivity contribution is 0.648. The molecule has 0 atom stereocenters. The minimum Gasteiger partial charge on any atom is -0.310 e. The Bertz CT molecular complexity index is 1310. The van der Waals surface area contributed by atoms with Crippen molar-refractivity contribution in [2.75, 3.05) is 0 Å². The first-order valence-electron chi connectivity index (χ1n) is 11.6. The zero-order valence-corrected chi connectivity index (χ0v) is 18.8. The van der Waals surface area contributed by atoms with Crippen LogP contribution in [0.25, 0.3) is 39.5 Å². The van der Waals surface area contributed by atoms with Crippen molar-refractivity contribution >= 4 is 5.78 Å². The van der Waals surface area contributed by atoms with Crippen LogP contribution in [0.1, 0.15) is 32.3 Å². The van der Waals surface area contributed by atoms with Crippen molar-refractivity contribution in [3.8, 4) is 33.8 Å². The maximum absolute atomic E-state index is 5.22. The molecule has 5 rings (SSSR count). The third-order valence-corrected chi connectivity index (χ3v) is 6.16. The molecule has 5 aromatic rings. The lowest BCUT2D eigenvalue weighted by atomic mass is 10.0. The summed E-state index contributed by atoms with van der Waals surface area (Å²) >= 11 is 0. The van der Waals surface area contributed by atoms with Gasteiger partial charge in [0.05, 0.1) is 17.1 Å². The van der Waals surface area contributed by atoms with Gasteiger partial charge in [0.15, 0.2) is 0 Å². The number of nitrogens with zero attached hydrogens (tertiary/aromatic N) is 3. The molecule has 0 bridgehead atoms. The van der Waals surface area contributed by atoms with Crippen LogP contribution in [0.15, 0.2) is 91.1 Å². The van der Waals surface area contributed by atoms with E-state index < -0.39 is 0 Å². The maximum atomic E-state index is 5.22. The van der Waals surface area contributed by atoms with E-state index in [1.807, 2.05) is 0 Å². The second-order valence-corrected chi connectivity index (χ2v) is 8.28. The van der Waals surface area contributed by atoms with E-state index in [0.717, 1.165) is 48.5 Å². The summed E-state index contributed by atoms with van der Waals surface area (Å²) in [7, 11) is 0. The first-order chi connectivity index (χ1) is 15.8. The monoisotopic (exact) mass is 419 g/mol. The third kappa shape index (κ3) is 3.64. The van der Waals surface area contributed by atoms with E-state index in [4.69, 9.17) is 4.98 Å². The van der Waals surface area contributed by atoms with Gasteiger partial charge in [0, 0.05) is 23.9 Å². The van der Waals surface area contributed by atoms with Gasteiger partial charge >= 0.3 is 0 Å². The van der Waals surface area contributed by atoms with Gasteiger partial charge in [0.2, 0.25) is 5.78 Å². The molecule has 0 amide bonds. The maximum Gasteiger partial charge on any atom is 0.215 e. The molecule has 0 aliphatic carbocycles. The van der Waals surface area contributed by atoms with Crippen molar-refractivity contribution < 1.29 is 0 Å². The second-order valence-electron chi connectivity index (χ2n) is 8.28. The quantitative estimate of drug-likeness (QED) is 0.268. The number of hydrogen-bond donors (Lipinski definition) is 0. The Balaban J connectivity index is 1.77. The van der Waals surface area contributed by atoms with Gasteiger partial charge in [0.25, 0.3) is 0 Å². The fourth-order valence-corrected chi connectivity index (χ4v) is 4.38. The van der Waals surface area contributed by atoms with E-state index in [9.17, 15) is 0 Å². The molecule has 3 nitrogen and oxygen atoms in total. The molecule has 0 radical (unpaired) electrons. The highest BCUT2D eigenvalue weighted by atomic mass is 15.2. The van der Waals surface area contributed by atoms with Crippen LogP contribution in [0.5, 0.6) is 0 Å². The molecule has 32 heavy (non-hydrogen) atoms. The summed E-state index contributed by atoms with van der Waals surface area (Å²) in [5.41, 5.74) is 8.33. The molecule has 3 heteroatoms. The Hall–Kier alpha value is -3.59. The third-order valence-electron chi connectivity index (χ3n) is 6.16. The Labute approximate surface area is 190 Å². The van der Waals surface area contributed by atoms with Gasteiger partial charge in [-0.25, -0.2) is 4.98 Å². The molecule has 0 saturated carbocycles. The van der Waals surface area contributed by atoms with E-state index in [-0.39, 0.29) is 0 Å². The molecule has 0 N–H and O–H groups in total. The minimum absolute atomic E-state index is 0.956. The number of rotatable bonds is 7. The highest BCUT2D eigenvalue weighted by Crippen LogP contribution is 2.35. The summed E-state index contributed by atoms with van der Waals surface area (Å²) in [5.74, 6) is 1.01. The minimum atomic E-state index is 0.956. The summed E-state index contributed by atoms with van der Waals surface area (Å²) in [6.45, 7) is 5.40. The van der Waals surface area contributed by atoms with Gasteiger partial charge in [-0.15, -0.1) is 0 Å². The van der Waals surface area contributed by atoms with Gasteiger partial charge in [-0.3, -0.25) is 4.40 Å². The number of unbranched alkanes of at least 4 members (excludes halogenated alkanes) is 1. The van der Waals surface area contributed by atoms with Gasteiger partial charge in [0.1, 0.15) is 0 Å². The predicted molar refractivity (Wildman–Crippen MR) is 134 cm³/mol. The molecule has 0 aliphatic rings. The second kappa shape index (κ2) is 8.88. The summed E-state index contributed by atoms with van der Waals surface area (Å²) in [5, 5.41) is 0. The number of aryl methyl sites for hydroxylation is 2. The Morgan fingerprint density at radius 2 is 1.38 bits per heavy atom. The fraction of sp³-hybridized carbons (Fsp3) is 0.207. The predicted octanol–water partition coefficient (Wildman–Crippen LogP) is 7.50. The smallest absolute Gasteiger partial charge is 0.215 e. The molecule has 0 saturated heterocycles. The molecular weight excluding hydrogens is 390 g/mol. The molecule has 0 unspecified atom stereocenters. The molecular formula is C29H29N3. The normalized spacial score (nSPS) is 11.3. The number of hydrogen-bond acceptors (Lipinski definition) is 1. The molecule has 2 aromatic heterocycles. The molecule has 3 aromatic carbocycles. The van der Waals surface area contributed by atoms with E-state index in [2.05, 4.69) is 114 Å². The standard InChI is InChI=1S/C29H29N3/c1-3-5-20-31-26(23-18-16-22(4-2)17-19-23)21-32-28(25-14-10-7-11-15-25)27(30-29(31)32)24-12-8-6-9-13-24/h6-19,21H,3-5,20H2,1-2H3. The van der Waals surface area contributed by atoms with E-state index in [0.29, 0.717) is 0 Å². The number of aromatic nitrogens is 3. The summed E-state index contributed by atoms with van der Waals surface area (Å²) in [6, 6.07) is 30.1. The van der Waals surface area contributed by atoms with Crippen LogP contribution in [0, 0.1) is 0 Å². The van der Waals surface area contributed by atoms with Gasteiger partial charge < -0.3 is 4.57 Å². The van der Waals surface area contributed by atoms with Crippen LogP contribution in [0.2, 0.25) is 0 Å². The van der Waals surface area contributed by atoms with E-state index in [1.54, 1.807) is 0 Å². The molecule has 0 fully saturated rings. The van der Waals surface area contributed by atoms with Crippen LogP contribution in [-0.4, -0.2) is 14.0 Å². The Morgan fingerprint density at radius 1 is 0.719 bits per heavy atom. The lowest BCUT2D eigenvalue weighted by Crippen LogP contribution is -2.01. The van der Waals surface area contributed by atoms with Gasteiger partial charge in [-0.05, 0) is 24.0 Å². The summed E-state index contributed by atoms with van der Waals surface area (Å²) < 4.78 is 4.68. The van der Waals surface area contributed by atoms with Crippen molar-refractivity contribution in [2.45, 2.75) is 39.7 Å². The van der Waals surface area contributed by atoms with Crippen molar-refractivity contribution in [1.82, 2.24) is 14.0 Å². The van der Waals surface area contributed by atoms with Gasteiger partial charge in [-0.1, -0.05) is 105 Å². The SMILES string of the molecule is CCCCn1c(-c2ccc(CC)cc2)cn2c(-c3ccccc3)c(-c3ccccc3)nc12. The number of fused-ring (bicyclic) bond motifs is 1. The van der Waals surface area contributed by atoms with Crippen LogP contribution in [-0.2, 0) is 13.0 Å². The van der Waals surface area contributed by atoms with Gasteiger partial charge in [-0.2, -0.15) is 0 Å². The molecule has 0 spiro atoms. The van der Waals surface area contributed by atoms with E-state index >= 15 is 0 Å². The topological polar surface area (TPSA) is 22.2 Å². The average Bonchev–Trinajstić information content (AvgIpc) is 3.40. The van der Waals surface area contributed by atoms with E-state index in [1.165, 1.54) is 22.4 Å². The van der Waals surface area contributed by atoms with Crippen molar-refractivity contribution in [3.05, 3.63) is 96.7 Å². The lowest BCUT2D eigenvalue weighted by Gasteiger charge is -2.09. The van der Waals surface area contributed by atoms with Crippen molar-refractivity contribution in [1.29, 1.82) is 0 Å². The Morgan fingerprint density at radius 3 is 2.00 bits per heavy atom. The molecule has 160 valence electrons. The number of benzene rings is 3. The highest BCUT2D eigenvalue weighted by Gasteiger charge is 2.21. The fourth-order valence-electron chi connectivity index (χ4n) is 4.38. The largest absolute Gasteiger partial charge is 0.310 e.